The molecular weight excluding hydrogens is 228 g/mol. The second-order valence-corrected chi connectivity index (χ2v) is 5.02. The summed E-state index contributed by atoms with van der Waals surface area (Å²) in [7, 11) is 0. The zero-order valence-corrected chi connectivity index (χ0v) is 10.9. The Hall–Kier alpha value is -1.36. The van der Waals surface area contributed by atoms with Crippen molar-refractivity contribution in [1.82, 2.24) is 9.97 Å². The number of nitrogens with one attached hydrogen (secondary N) is 2. The van der Waals surface area contributed by atoms with Crippen LogP contribution < -0.4 is 16.6 Å². The Morgan fingerprint density at radius 2 is 2.39 bits per heavy atom. The summed E-state index contributed by atoms with van der Waals surface area (Å²) in [5, 5.41) is 3.26. The summed E-state index contributed by atoms with van der Waals surface area (Å²) in [6, 6.07) is 1.53. The molecule has 1 aromatic heterocycles. The minimum atomic E-state index is -0.0683. The van der Waals surface area contributed by atoms with Crippen LogP contribution in [0.5, 0.6) is 0 Å². The number of rotatable bonds is 7. The van der Waals surface area contributed by atoms with E-state index in [2.05, 4.69) is 22.2 Å². The van der Waals surface area contributed by atoms with Crippen LogP contribution in [-0.4, -0.2) is 23.1 Å². The van der Waals surface area contributed by atoms with E-state index in [0.717, 1.165) is 38.1 Å². The maximum absolute atomic E-state index is 11.5. The van der Waals surface area contributed by atoms with Crippen molar-refractivity contribution in [3.05, 3.63) is 22.2 Å². The monoisotopic (exact) mass is 250 g/mol. The van der Waals surface area contributed by atoms with Crippen molar-refractivity contribution in [3.63, 3.8) is 0 Å². The molecule has 1 atom stereocenters. The highest BCUT2D eigenvalue weighted by Crippen LogP contribution is 2.37. The van der Waals surface area contributed by atoms with Crippen LogP contribution >= 0.6 is 0 Å². The smallest absolute Gasteiger partial charge is 0.252 e. The quantitative estimate of drug-likeness (QED) is 0.683. The van der Waals surface area contributed by atoms with Gasteiger partial charge in [-0.05, 0) is 31.7 Å². The van der Waals surface area contributed by atoms with Gasteiger partial charge in [0, 0.05) is 18.5 Å². The Labute approximate surface area is 107 Å². The van der Waals surface area contributed by atoms with E-state index in [1.807, 2.05) is 0 Å². The Kier molecular flexibility index (Phi) is 4.36. The molecule has 100 valence electrons. The molecule has 1 heterocycles. The summed E-state index contributed by atoms with van der Waals surface area (Å²) in [6.07, 6.45) is 4.36. The fourth-order valence-electron chi connectivity index (χ4n) is 2.05. The fourth-order valence-corrected chi connectivity index (χ4v) is 2.05. The van der Waals surface area contributed by atoms with Gasteiger partial charge in [0.15, 0.2) is 0 Å². The highest BCUT2D eigenvalue weighted by Gasteiger charge is 2.26. The van der Waals surface area contributed by atoms with Gasteiger partial charge in [-0.3, -0.25) is 4.79 Å². The van der Waals surface area contributed by atoms with Crippen LogP contribution in [0.2, 0.25) is 0 Å². The number of hydrogen-bond donors (Lipinski definition) is 3. The van der Waals surface area contributed by atoms with Crippen LogP contribution in [0.25, 0.3) is 0 Å². The van der Waals surface area contributed by atoms with Gasteiger partial charge in [-0.2, -0.15) is 0 Å². The summed E-state index contributed by atoms with van der Waals surface area (Å²) in [5.41, 5.74) is 5.50. The molecule has 0 radical (unpaired) electrons. The van der Waals surface area contributed by atoms with E-state index < -0.39 is 0 Å². The summed E-state index contributed by atoms with van der Waals surface area (Å²) >= 11 is 0. The minimum absolute atomic E-state index is 0.0683. The van der Waals surface area contributed by atoms with Gasteiger partial charge in [-0.25, -0.2) is 4.98 Å². The number of aromatic nitrogens is 2. The summed E-state index contributed by atoms with van der Waals surface area (Å²) in [5.74, 6) is 2.53. The second-order valence-electron chi connectivity index (χ2n) is 5.02. The largest absolute Gasteiger partial charge is 0.370 e. The van der Waals surface area contributed by atoms with E-state index in [0.29, 0.717) is 24.2 Å². The van der Waals surface area contributed by atoms with Crippen LogP contribution in [0.3, 0.4) is 0 Å². The van der Waals surface area contributed by atoms with Crippen LogP contribution in [-0.2, 0) is 0 Å². The van der Waals surface area contributed by atoms with Gasteiger partial charge in [0.1, 0.15) is 11.6 Å². The Balaban J connectivity index is 1.97. The van der Waals surface area contributed by atoms with E-state index in [1.54, 1.807) is 0 Å². The van der Waals surface area contributed by atoms with Gasteiger partial charge in [0.25, 0.3) is 5.56 Å². The van der Waals surface area contributed by atoms with E-state index in [-0.39, 0.29) is 5.56 Å². The van der Waals surface area contributed by atoms with E-state index in [9.17, 15) is 4.79 Å². The van der Waals surface area contributed by atoms with Crippen molar-refractivity contribution in [2.24, 2.45) is 11.7 Å². The maximum atomic E-state index is 11.5. The molecular formula is C13H22N4O. The van der Waals surface area contributed by atoms with Crippen molar-refractivity contribution < 1.29 is 0 Å². The van der Waals surface area contributed by atoms with Crippen molar-refractivity contribution in [3.8, 4) is 0 Å². The van der Waals surface area contributed by atoms with Gasteiger partial charge in [-0.15, -0.1) is 0 Å². The molecule has 1 saturated carbocycles. The van der Waals surface area contributed by atoms with E-state index >= 15 is 0 Å². The van der Waals surface area contributed by atoms with Gasteiger partial charge in [-0.1, -0.05) is 13.3 Å². The standard InChI is InChI=1S/C13H22N4O/c1-2-9(5-6-14)8-15-11-7-12(18)17-13(16-11)10-3-4-10/h7,9-10H,2-6,8,14H2,1H3,(H2,15,16,17,18). The molecule has 5 heteroatoms. The average Bonchev–Trinajstić information content (AvgIpc) is 3.18. The first-order chi connectivity index (χ1) is 8.72. The Morgan fingerprint density at radius 1 is 1.61 bits per heavy atom. The normalized spacial score (nSPS) is 16.6. The molecule has 0 spiro atoms. The molecule has 0 amide bonds. The molecule has 1 aromatic rings. The lowest BCUT2D eigenvalue weighted by Crippen LogP contribution is -2.20. The molecule has 0 saturated heterocycles. The average molecular weight is 250 g/mol. The van der Waals surface area contributed by atoms with E-state index in [4.69, 9.17) is 5.73 Å². The molecule has 1 aliphatic carbocycles. The highest BCUT2D eigenvalue weighted by molar-refractivity contribution is 5.34. The number of H-pyrrole nitrogens is 1. The zero-order valence-electron chi connectivity index (χ0n) is 10.9. The first kappa shape index (κ1) is 13.1. The van der Waals surface area contributed by atoms with Crippen LogP contribution in [0.15, 0.2) is 10.9 Å². The summed E-state index contributed by atoms with van der Waals surface area (Å²) < 4.78 is 0. The van der Waals surface area contributed by atoms with Crippen molar-refractivity contribution >= 4 is 5.82 Å². The first-order valence-electron chi connectivity index (χ1n) is 6.78. The van der Waals surface area contributed by atoms with Gasteiger partial charge < -0.3 is 16.0 Å². The molecule has 2 rings (SSSR count). The van der Waals surface area contributed by atoms with Crippen molar-refractivity contribution in [1.29, 1.82) is 0 Å². The first-order valence-corrected chi connectivity index (χ1v) is 6.78. The maximum Gasteiger partial charge on any atom is 0.252 e. The van der Waals surface area contributed by atoms with Crippen molar-refractivity contribution in [2.45, 2.75) is 38.5 Å². The molecule has 18 heavy (non-hydrogen) atoms. The lowest BCUT2D eigenvalue weighted by Gasteiger charge is -2.15. The zero-order chi connectivity index (χ0) is 13.0. The fraction of sp³-hybridized carbons (Fsp3) is 0.692. The Bertz CT molecular complexity index is 439. The molecule has 0 bridgehead atoms. The third-order valence-electron chi connectivity index (χ3n) is 3.45. The third-order valence-corrected chi connectivity index (χ3v) is 3.45. The predicted molar refractivity (Wildman–Crippen MR) is 72.8 cm³/mol. The number of aromatic amines is 1. The minimum Gasteiger partial charge on any atom is -0.370 e. The lowest BCUT2D eigenvalue weighted by atomic mass is 10.0. The Morgan fingerprint density at radius 3 is 3.00 bits per heavy atom. The molecule has 0 aromatic carbocycles. The number of hydrogen-bond acceptors (Lipinski definition) is 4. The van der Waals surface area contributed by atoms with Gasteiger partial charge in [0.05, 0.1) is 0 Å². The second kappa shape index (κ2) is 6.00. The van der Waals surface area contributed by atoms with Crippen LogP contribution in [0, 0.1) is 5.92 Å². The molecule has 5 nitrogen and oxygen atoms in total. The van der Waals surface area contributed by atoms with Gasteiger partial charge in [0.2, 0.25) is 0 Å². The SMILES string of the molecule is CCC(CCN)CNc1cc(=O)[nH]c(C2CC2)n1. The summed E-state index contributed by atoms with van der Waals surface area (Å²) in [6.45, 7) is 3.69. The molecule has 4 N–H and O–H groups in total. The van der Waals surface area contributed by atoms with Crippen LogP contribution in [0.4, 0.5) is 5.82 Å². The molecule has 1 unspecified atom stereocenters. The summed E-state index contributed by atoms with van der Waals surface area (Å²) in [4.78, 5) is 18.8. The van der Waals surface area contributed by atoms with Crippen molar-refractivity contribution in [2.75, 3.05) is 18.4 Å². The van der Waals surface area contributed by atoms with Crippen LogP contribution in [0.1, 0.15) is 44.3 Å². The number of anilines is 1. The topological polar surface area (TPSA) is 83.8 Å². The van der Waals surface area contributed by atoms with E-state index in [1.165, 1.54) is 6.07 Å². The third kappa shape index (κ3) is 3.57. The molecule has 1 fully saturated rings. The highest BCUT2D eigenvalue weighted by atomic mass is 16.1. The van der Waals surface area contributed by atoms with Gasteiger partial charge >= 0.3 is 0 Å². The number of nitrogens with zero attached hydrogens (tertiary/aromatic N) is 1. The predicted octanol–water partition coefficient (Wildman–Crippen LogP) is 1.43. The lowest BCUT2D eigenvalue weighted by molar-refractivity contribution is 0.501. The number of nitrogens with two attached hydrogens (primary N) is 1. The molecule has 1 aliphatic rings. The molecule has 0 aliphatic heterocycles.